The molecule has 0 aromatic heterocycles. The number of sulfonamides is 1. The van der Waals surface area contributed by atoms with Crippen molar-refractivity contribution in [3.63, 3.8) is 0 Å². The number of alkyl halides is 2. The highest BCUT2D eigenvalue weighted by Gasteiger charge is 2.37. The monoisotopic (exact) mass is 235 g/mol. The Bertz CT molecular complexity index is 257. The highest BCUT2D eigenvalue weighted by molar-refractivity contribution is 7.89. The molecule has 7 heteroatoms. The van der Waals surface area contributed by atoms with Gasteiger partial charge in [-0.05, 0) is 19.8 Å². The van der Waals surface area contributed by atoms with Gasteiger partial charge in [0.2, 0.25) is 0 Å². The molecule has 0 bridgehead atoms. The zero-order valence-electron chi connectivity index (χ0n) is 7.11. The van der Waals surface area contributed by atoms with Crippen LogP contribution in [-0.2, 0) is 10.0 Å². The van der Waals surface area contributed by atoms with Gasteiger partial charge >= 0.3 is 5.76 Å². The zero-order chi connectivity index (χ0) is 9.35. The van der Waals surface area contributed by atoms with E-state index in [1.54, 1.807) is 6.92 Å². The van der Waals surface area contributed by atoms with Crippen molar-refractivity contribution >= 4 is 22.4 Å². The molecule has 1 aliphatic heterocycles. The molecule has 1 unspecified atom stereocenters. The molecule has 1 atom stereocenters. The number of rotatable bonds is 2. The van der Waals surface area contributed by atoms with Gasteiger partial charge in [-0.15, -0.1) is 12.4 Å². The first kappa shape index (κ1) is 13.1. The molecule has 0 aromatic rings. The lowest BCUT2D eigenvalue weighted by molar-refractivity contribution is 0.218. The second-order valence-corrected chi connectivity index (χ2v) is 4.76. The molecule has 0 aromatic carbocycles. The van der Waals surface area contributed by atoms with Gasteiger partial charge in [-0.1, -0.05) is 0 Å². The van der Waals surface area contributed by atoms with Crippen LogP contribution < -0.4 is 0 Å². The SMILES string of the molecule is CC1CCCN1S(=O)(=O)C(F)F.Cl. The molecule has 0 N–H and O–H groups in total. The molecule has 0 amide bonds. The third-order valence-electron chi connectivity index (χ3n) is 2.04. The average Bonchev–Trinajstić information content (AvgIpc) is 2.35. The van der Waals surface area contributed by atoms with Crippen LogP contribution in [0.3, 0.4) is 0 Å². The van der Waals surface area contributed by atoms with E-state index in [2.05, 4.69) is 0 Å². The molecule has 0 aliphatic carbocycles. The minimum atomic E-state index is -4.33. The van der Waals surface area contributed by atoms with Crippen molar-refractivity contribution < 1.29 is 17.2 Å². The van der Waals surface area contributed by atoms with Crippen LogP contribution in [0.5, 0.6) is 0 Å². The first-order valence-corrected chi connectivity index (χ1v) is 5.25. The van der Waals surface area contributed by atoms with Gasteiger partial charge in [-0.3, -0.25) is 0 Å². The summed E-state index contributed by atoms with van der Waals surface area (Å²) in [6.45, 7) is 1.88. The Morgan fingerprint density at radius 3 is 2.31 bits per heavy atom. The predicted molar refractivity (Wildman–Crippen MR) is 47.6 cm³/mol. The third-order valence-corrected chi connectivity index (χ3v) is 3.69. The standard InChI is InChI=1S/C6H11F2NO2S.ClH/c1-5-3-2-4-9(5)12(10,11)6(7)8;/h5-6H,2-4H2,1H3;1H. The van der Waals surface area contributed by atoms with Crippen LogP contribution >= 0.6 is 12.4 Å². The Hall–Kier alpha value is 0.0600. The highest BCUT2D eigenvalue weighted by Crippen LogP contribution is 2.23. The van der Waals surface area contributed by atoms with E-state index in [-0.39, 0.29) is 25.0 Å². The van der Waals surface area contributed by atoms with Crippen LogP contribution in [0.15, 0.2) is 0 Å². The van der Waals surface area contributed by atoms with Gasteiger partial charge in [0.1, 0.15) is 0 Å². The maximum atomic E-state index is 12.0. The average molecular weight is 236 g/mol. The molecule has 0 saturated carbocycles. The molecule has 1 heterocycles. The summed E-state index contributed by atoms with van der Waals surface area (Å²) >= 11 is 0. The van der Waals surface area contributed by atoms with Crippen LogP contribution in [0.4, 0.5) is 8.78 Å². The molecular weight excluding hydrogens is 224 g/mol. The largest absolute Gasteiger partial charge is 0.350 e. The van der Waals surface area contributed by atoms with Crippen molar-refractivity contribution in [1.82, 2.24) is 4.31 Å². The van der Waals surface area contributed by atoms with Gasteiger partial charge in [-0.2, -0.15) is 13.1 Å². The number of nitrogens with zero attached hydrogens (tertiary/aromatic N) is 1. The summed E-state index contributed by atoms with van der Waals surface area (Å²) in [6, 6.07) is -0.274. The lowest BCUT2D eigenvalue weighted by Gasteiger charge is -2.19. The lowest BCUT2D eigenvalue weighted by atomic mass is 10.3. The van der Waals surface area contributed by atoms with E-state index in [0.29, 0.717) is 12.8 Å². The first-order valence-electron chi connectivity index (χ1n) is 3.75. The van der Waals surface area contributed by atoms with E-state index >= 15 is 0 Å². The summed E-state index contributed by atoms with van der Waals surface area (Å²) in [5.41, 5.74) is 0. The Balaban J connectivity index is 0.00000144. The maximum absolute atomic E-state index is 12.0. The van der Waals surface area contributed by atoms with Crippen molar-refractivity contribution in [2.75, 3.05) is 6.54 Å². The van der Waals surface area contributed by atoms with E-state index in [9.17, 15) is 17.2 Å². The summed E-state index contributed by atoms with van der Waals surface area (Å²) in [6.07, 6.45) is 1.35. The Morgan fingerprint density at radius 1 is 1.46 bits per heavy atom. The quantitative estimate of drug-likeness (QED) is 0.727. The van der Waals surface area contributed by atoms with E-state index in [0.717, 1.165) is 4.31 Å². The molecule has 13 heavy (non-hydrogen) atoms. The molecule has 0 radical (unpaired) electrons. The van der Waals surface area contributed by atoms with Gasteiger partial charge in [0.15, 0.2) is 0 Å². The second kappa shape index (κ2) is 4.52. The van der Waals surface area contributed by atoms with Crippen molar-refractivity contribution in [2.24, 2.45) is 0 Å². The minimum absolute atomic E-state index is 0. The van der Waals surface area contributed by atoms with Gasteiger partial charge in [0.25, 0.3) is 10.0 Å². The Kier molecular flexibility index (Phi) is 4.54. The van der Waals surface area contributed by atoms with Gasteiger partial charge in [0.05, 0.1) is 0 Å². The smallest absolute Gasteiger partial charge is 0.206 e. The Labute approximate surface area is 82.6 Å². The van der Waals surface area contributed by atoms with Crippen LogP contribution in [0.1, 0.15) is 19.8 Å². The minimum Gasteiger partial charge on any atom is -0.206 e. The molecule has 1 rings (SSSR count). The molecule has 1 aliphatic rings. The predicted octanol–water partition coefficient (Wildman–Crippen LogP) is 1.44. The highest BCUT2D eigenvalue weighted by atomic mass is 35.5. The van der Waals surface area contributed by atoms with E-state index in [1.807, 2.05) is 0 Å². The third kappa shape index (κ3) is 2.51. The molecular formula is C6H12ClF2NO2S. The maximum Gasteiger partial charge on any atom is 0.350 e. The van der Waals surface area contributed by atoms with E-state index in [4.69, 9.17) is 0 Å². The normalized spacial score (nSPS) is 24.8. The molecule has 1 fully saturated rings. The molecule has 0 spiro atoms. The van der Waals surface area contributed by atoms with Crippen LogP contribution in [-0.4, -0.2) is 31.1 Å². The summed E-state index contributed by atoms with van der Waals surface area (Å²) in [5, 5.41) is 0. The zero-order valence-corrected chi connectivity index (χ0v) is 8.75. The summed E-state index contributed by atoms with van der Waals surface area (Å²) in [4.78, 5) is 0. The van der Waals surface area contributed by atoms with Crippen LogP contribution in [0.2, 0.25) is 0 Å². The van der Waals surface area contributed by atoms with Gasteiger partial charge < -0.3 is 0 Å². The summed E-state index contributed by atoms with van der Waals surface area (Å²) in [5.74, 6) is -3.28. The molecule has 3 nitrogen and oxygen atoms in total. The van der Waals surface area contributed by atoms with Crippen molar-refractivity contribution in [3.05, 3.63) is 0 Å². The second-order valence-electron chi connectivity index (χ2n) is 2.91. The number of hydrogen-bond acceptors (Lipinski definition) is 2. The lowest BCUT2D eigenvalue weighted by Crippen LogP contribution is -2.37. The Morgan fingerprint density at radius 2 is 2.00 bits per heavy atom. The van der Waals surface area contributed by atoms with Crippen molar-refractivity contribution in [2.45, 2.75) is 31.6 Å². The molecule has 80 valence electrons. The fourth-order valence-corrected chi connectivity index (χ4v) is 2.58. The van der Waals surface area contributed by atoms with Gasteiger partial charge in [-0.25, -0.2) is 8.42 Å². The van der Waals surface area contributed by atoms with Crippen molar-refractivity contribution in [3.8, 4) is 0 Å². The van der Waals surface area contributed by atoms with E-state index < -0.39 is 15.8 Å². The summed E-state index contributed by atoms with van der Waals surface area (Å²) in [7, 11) is -4.33. The number of halogens is 3. The fraction of sp³-hybridized carbons (Fsp3) is 1.00. The van der Waals surface area contributed by atoms with Crippen molar-refractivity contribution in [1.29, 1.82) is 0 Å². The topological polar surface area (TPSA) is 37.4 Å². The van der Waals surface area contributed by atoms with E-state index in [1.165, 1.54) is 0 Å². The van der Waals surface area contributed by atoms with Gasteiger partial charge in [0, 0.05) is 12.6 Å². The molecule has 1 saturated heterocycles. The summed E-state index contributed by atoms with van der Waals surface area (Å²) < 4.78 is 46.7. The van der Waals surface area contributed by atoms with Crippen LogP contribution in [0.25, 0.3) is 0 Å². The number of hydrogen-bond donors (Lipinski definition) is 0. The first-order chi connectivity index (χ1) is 5.46. The fourth-order valence-electron chi connectivity index (χ4n) is 1.39. The van der Waals surface area contributed by atoms with Crippen LogP contribution in [0, 0.1) is 0 Å².